The van der Waals surface area contributed by atoms with Crippen molar-refractivity contribution in [1.29, 1.82) is 0 Å². The van der Waals surface area contributed by atoms with Crippen molar-refractivity contribution < 1.29 is 33.6 Å². The molecule has 2 heterocycles. The fourth-order valence-corrected chi connectivity index (χ4v) is 4.81. The average molecular weight is 499 g/mol. The van der Waals surface area contributed by atoms with Crippen LogP contribution in [0.3, 0.4) is 0 Å². The van der Waals surface area contributed by atoms with Crippen molar-refractivity contribution in [2.45, 2.75) is 82.3 Å². The molecule has 1 aliphatic heterocycles. The Morgan fingerprint density at radius 2 is 1.83 bits per heavy atom. The molecule has 0 unspecified atom stereocenters. The standard InChI is InChI=1S/C27H34N2O7/c1-17-25(36-19-9-4-3-5-10-19)22(35-18-11-6-7-12-18)14-8-13-20(27(32)34-17)29-26(31)23-24(30)21(33-2)15-16-28-23/h3-5,9-10,15-18,20,22,25,30H,6-8,11-14H2,1-2H3,(H,29,31)/t17-,20-,22-,25-/m0/s1. The van der Waals surface area contributed by atoms with Crippen molar-refractivity contribution in [2.24, 2.45) is 0 Å². The zero-order valence-electron chi connectivity index (χ0n) is 20.7. The van der Waals surface area contributed by atoms with Gasteiger partial charge in [0, 0.05) is 12.3 Å². The van der Waals surface area contributed by atoms with Crippen molar-refractivity contribution in [3.8, 4) is 17.2 Å². The molecule has 1 aliphatic carbocycles. The monoisotopic (exact) mass is 498 g/mol. The van der Waals surface area contributed by atoms with E-state index in [1.165, 1.54) is 19.4 Å². The number of carbonyl (C=O) groups excluding carboxylic acids is 2. The van der Waals surface area contributed by atoms with Crippen molar-refractivity contribution in [2.75, 3.05) is 7.11 Å². The number of nitrogens with one attached hydrogen (secondary N) is 1. The van der Waals surface area contributed by atoms with Gasteiger partial charge < -0.3 is 29.4 Å². The van der Waals surface area contributed by atoms with Crippen molar-refractivity contribution in [3.05, 3.63) is 48.3 Å². The third-order valence-corrected chi connectivity index (χ3v) is 6.71. The number of amides is 1. The molecular weight excluding hydrogens is 464 g/mol. The Bertz CT molecular complexity index is 1030. The second kappa shape index (κ2) is 12.1. The van der Waals surface area contributed by atoms with Crippen molar-refractivity contribution in [1.82, 2.24) is 10.3 Å². The van der Waals surface area contributed by atoms with Gasteiger partial charge in [-0.15, -0.1) is 0 Å². The summed E-state index contributed by atoms with van der Waals surface area (Å²) in [5.74, 6) is -0.844. The Hall–Kier alpha value is -3.33. The maximum atomic E-state index is 13.1. The highest BCUT2D eigenvalue weighted by atomic mass is 16.6. The summed E-state index contributed by atoms with van der Waals surface area (Å²) in [6, 6.07) is 9.96. The number of rotatable bonds is 7. The van der Waals surface area contributed by atoms with Crippen LogP contribution in [0, 0.1) is 0 Å². The van der Waals surface area contributed by atoms with E-state index in [1.54, 1.807) is 6.92 Å². The normalized spacial score (nSPS) is 25.2. The molecule has 2 aliphatic rings. The number of hydrogen-bond acceptors (Lipinski definition) is 8. The molecule has 2 fully saturated rings. The van der Waals surface area contributed by atoms with E-state index in [0.717, 1.165) is 25.7 Å². The van der Waals surface area contributed by atoms with Crippen molar-refractivity contribution >= 4 is 11.9 Å². The molecule has 0 radical (unpaired) electrons. The molecule has 1 amide bonds. The highest BCUT2D eigenvalue weighted by Crippen LogP contribution is 2.30. The highest BCUT2D eigenvalue weighted by molar-refractivity contribution is 5.97. The number of benzene rings is 1. The van der Waals surface area contributed by atoms with Gasteiger partial charge in [-0.05, 0) is 51.2 Å². The molecule has 9 heteroatoms. The van der Waals surface area contributed by atoms with Crippen LogP contribution in [0.4, 0.5) is 0 Å². The maximum absolute atomic E-state index is 13.1. The topological polar surface area (TPSA) is 116 Å². The number of para-hydroxylation sites is 1. The maximum Gasteiger partial charge on any atom is 0.329 e. The van der Waals surface area contributed by atoms with Gasteiger partial charge in [0.05, 0.1) is 19.3 Å². The fraction of sp³-hybridized carbons (Fsp3) is 0.519. The van der Waals surface area contributed by atoms with E-state index in [2.05, 4.69) is 10.3 Å². The van der Waals surface area contributed by atoms with Gasteiger partial charge in [-0.2, -0.15) is 0 Å². The minimum absolute atomic E-state index is 0.119. The van der Waals surface area contributed by atoms with Gasteiger partial charge in [0.25, 0.3) is 5.91 Å². The van der Waals surface area contributed by atoms with Gasteiger partial charge in [-0.3, -0.25) is 4.79 Å². The molecule has 4 rings (SSSR count). The third kappa shape index (κ3) is 6.26. The second-order valence-electron chi connectivity index (χ2n) is 9.29. The third-order valence-electron chi connectivity index (χ3n) is 6.71. The minimum atomic E-state index is -0.907. The van der Waals surface area contributed by atoms with Crippen LogP contribution in [0.5, 0.6) is 17.2 Å². The predicted octanol–water partition coefficient (Wildman–Crippen LogP) is 3.79. The molecule has 2 aromatic rings. The molecule has 1 aromatic heterocycles. The first-order chi connectivity index (χ1) is 17.5. The van der Waals surface area contributed by atoms with E-state index in [9.17, 15) is 14.7 Å². The summed E-state index contributed by atoms with van der Waals surface area (Å²) in [5, 5.41) is 13.0. The fourth-order valence-electron chi connectivity index (χ4n) is 4.81. The quantitative estimate of drug-likeness (QED) is 0.554. The van der Waals surface area contributed by atoms with Crippen LogP contribution in [-0.4, -0.2) is 59.5 Å². The van der Waals surface area contributed by atoms with E-state index in [4.69, 9.17) is 18.9 Å². The molecule has 1 saturated carbocycles. The molecule has 36 heavy (non-hydrogen) atoms. The molecule has 2 N–H and O–H groups in total. The summed E-state index contributed by atoms with van der Waals surface area (Å²) in [5.41, 5.74) is -0.220. The highest BCUT2D eigenvalue weighted by Gasteiger charge is 2.38. The number of pyridine rings is 1. The number of esters is 1. The largest absolute Gasteiger partial charge is 0.503 e. The average Bonchev–Trinajstić information content (AvgIpc) is 3.40. The first-order valence-electron chi connectivity index (χ1n) is 12.6. The summed E-state index contributed by atoms with van der Waals surface area (Å²) in [7, 11) is 1.38. The van der Waals surface area contributed by atoms with Gasteiger partial charge >= 0.3 is 5.97 Å². The number of hydrogen-bond donors (Lipinski definition) is 2. The van der Waals surface area contributed by atoms with Gasteiger partial charge in [-0.25, -0.2) is 9.78 Å². The molecule has 0 bridgehead atoms. The first-order valence-corrected chi connectivity index (χ1v) is 12.6. The number of carbonyl (C=O) groups is 2. The number of ether oxygens (including phenoxy) is 4. The lowest BCUT2D eigenvalue weighted by molar-refractivity contribution is -0.161. The van der Waals surface area contributed by atoms with E-state index in [1.807, 2.05) is 30.3 Å². The van der Waals surface area contributed by atoms with Crippen LogP contribution in [0.15, 0.2) is 42.6 Å². The Kier molecular flexibility index (Phi) is 8.64. The second-order valence-corrected chi connectivity index (χ2v) is 9.29. The summed E-state index contributed by atoms with van der Waals surface area (Å²) in [4.78, 5) is 29.9. The summed E-state index contributed by atoms with van der Waals surface area (Å²) in [6.45, 7) is 1.79. The minimum Gasteiger partial charge on any atom is -0.503 e. The number of nitrogens with zero attached hydrogens (tertiary/aromatic N) is 1. The smallest absolute Gasteiger partial charge is 0.329 e. The van der Waals surface area contributed by atoms with Gasteiger partial charge in [0.1, 0.15) is 17.9 Å². The Balaban J connectivity index is 1.51. The number of aromatic nitrogens is 1. The molecule has 1 saturated heterocycles. The van der Waals surface area contributed by atoms with Crippen LogP contribution in [0.1, 0.15) is 62.4 Å². The summed E-state index contributed by atoms with van der Waals surface area (Å²) in [6.07, 6.45) is 6.04. The predicted molar refractivity (Wildman–Crippen MR) is 131 cm³/mol. The molecule has 0 spiro atoms. The van der Waals surface area contributed by atoms with Crippen LogP contribution in [-0.2, 0) is 14.3 Å². The van der Waals surface area contributed by atoms with Crippen LogP contribution < -0.4 is 14.8 Å². The lowest BCUT2D eigenvalue weighted by Crippen LogP contribution is -2.47. The first kappa shape index (κ1) is 25.8. The van der Waals surface area contributed by atoms with Crippen molar-refractivity contribution in [3.63, 3.8) is 0 Å². The lowest BCUT2D eigenvalue weighted by atomic mass is 10.0. The van der Waals surface area contributed by atoms with Gasteiger partial charge in [-0.1, -0.05) is 31.0 Å². The molecule has 4 atom stereocenters. The zero-order chi connectivity index (χ0) is 25.5. The van der Waals surface area contributed by atoms with Crippen LogP contribution in [0.2, 0.25) is 0 Å². The molecule has 194 valence electrons. The number of methoxy groups -OCH3 is 1. The zero-order valence-corrected chi connectivity index (χ0v) is 20.7. The van der Waals surface area contributed by atoms with Gasteiger partial charge in [0.2, 0.25) is 0 Å². The number of cyclic esters (lactones) is 1. The van der Waals surface area contributed by atoms with Crippen LogP contribution in [0.25, 0.3) is 0 Å². The SMILES string of the molecule is COc1ccnc(C(=O)N[C@H]2CCC[C@H](OC3CCCC3)[C@@H](Oc3ccccc3)[C@H](C)OC2=O)c1O. The summed E-state index contributed by atoms with van der Waals surface area (Å²) < 4.78 is 23.7. The van der Waals surface area contributed by atoms with Gasteiger partial charge in [0.15, 0.2) is 23.3 Å². The van der Waals surface area contributed by atoms with E-state index >= 15 is 0 Å². The van der Waals surface area contributed by atoms with E-state index in [0.29, 0.717) is 25.0 Å². The Morgan fingerprint density at radius 3 is 2.56 bits per heavy atom. The Labute approximate surface area is 211 Å². The Morgan fingerprint density at radius 1 is 1.08 bits per heavy atom. The van der Waals surface area contributed by atoms with E-state index < -0.39 is 30.1 Å². The molecule has 9 nitrogen and oxygen atoms in total. The number of aromatic hydroxyl groups is 1. The van der Waals surface area contributed by atoms with E-state index in [-0.39, 0.29) is 29.4 Å². The molecule has 1 aromatic carbocycles. The summed E-state index contributed by atoms with van der Waals surface area (Å²) >= 11 is 0. The molecular formula is C27H34N2O7. The van der Waals surface area contributed by atoms with Crippen LogP contribution >= 0.6 is 0 Å². The lowest BCUT2D eigenvalue weighted by Gasteiger charge is -2.33.